The number of fused-ring (bicyclic) bond motifs is 2. The molecule has 8 heteroatoms. The molecule has 0 bridgehead atoms. The molecule has 6 atom stereocenters. The number of hydrogen-bond acceptors (Lipinski definition) is 8. The van der Waals surface area contributed by atoms with Crippen molar-refractivity contribution in [1.82, 2.24) is 0 Å². The zero-order valence-corrected chi connectivity index (χ0v) is 32.7. The van der Waals surface area contributed by atoms with Crippen molar-refractivity contribution >= 4 is 17.5 Å². The molecule has 2 aliphatic carbocycles. The van der Waals surface area contributed by atoms with E-state index in [4.69, 9.17) is 24.2 Å². The number of rotatable bonds is 17. The Morgan fingerprint density at radius 3 is 2.30 bits per heavy atom. The lowest BCUT2D eigenvalue weighted by Gasteiger charge is -2.58. The average molecular weight is 740 g/mol. The molecular weight excluding hydrogens is 683 g/mol. The fourth-order valence-corrected chi connectivity index (χ4v) is 9.59. The summed E-state index contributed by atoms with van der Waals surface area (Å²) in [5, 5.41) is 24.5. The van der Waals surface area contributed by atoms with Crippen LogP contribution in [0.2, 0.25) is 0 Å². The third-order valence-corrected chi connectivity index (χ3v) is 11.8. The summed E-state index contributed by atoms with van der Waals surface area (Å²) in [4.78, 5) is 6.17. The van der Waals surface area contributed by atoms with Crippen LogP contribution in [0, 0.1) is 17.8 Å². The molecule has 0 radical (unpaired) electrons. The van der Waals surface area contributed by atoms with Gasteiger partial charge in [0, 0.05) is 31.1 Å². The molecule has 7 nitrogen and oxygen atoms in total. The predicted octanol–water partition coefficient (Wildman–Crippen LogP) is 10.3. The molecule has 0 amide bonds. The molecule has 1 aliphatic heterocycles. The fraction of sp³-hybridized carbons (Fsp3) is 0.489. The lowest BCUT2D eigenvalue weighted by molar-refractivity contribution is -0.223. The molecule has 3 aromatic rings. The number of aliphatic hydroxyl groups excluding tert-OH is 2. The van der Waals surface area contributed by atoms with Gasteiger partial charge in [0.05, 0.1) is 23.5 Å². The molecule has 1 fully saturated rings. The Labute approximate surface area is 320 Å². The Balaban J connectivity index is 1.48. The van der Waals surface area contributed by atoms with Gasteiger partial charge in [-0.25, -0.2) is 0 Å². The highest BCUT2D eigenvalue weighted by molar-refractivity contribution is 8.00. The van der Waals surface area contributed by atoms with Crippen molar-refractivity contribution in [3.05, 3.63) is 103 Å². The second kappa shape index (κ2) is 17.7. The Hall–Kier alpha value is -3.56. The lowest BCUT2D eigenvalue weighted by atomic mass is 9.56. The number of hydrogen-bond donors (Lipinski definition) is 2. The molecular formula is C45H57NO6S. The summed E-state index contributed by atoms with van der Waals surface area (Å²) in [6.07, 6.45) is 10.1. The SMILES string of the molecule is C=CCO[C@@]12Oc3ccc(Oc4ccc(-c5ccccc5)cc4)cc3[C@H]3[C@H](CCCCO)[C@@H](CCCCO)C=C(C(=NOC(C)(C)C)C[C@@H]1SCC)[C@H]32. The number of nitrogens with zero attached hydrogens (tertiary/aromatic N) is 1. The Morgan fingerprint density at radius 1 is 0.925 bits per heavy atom. The maximum Gasteiger partial charge on any atom is 0.230 e. The minimum atomic E-state index is -0.958. The van der Waals surface area contributed by atoms with Gasteiger partial charge < -0.3 is 29.3 Å². The zero-order valence-electron chi connectivity index (χ0n) is 31.8. The average Bonchev–Trinajstić information content (AvgIpc) is 3.16. The number of unbranched alkanes of at least 4 members (excludes halogenated alkanes) is 2. The van der Waals surface area contributed by atoms with E-state index in [-0.39, 0.29) is 42.1 Å². The van der Waals surface area contributed by atoms with Crippen molar-refractivity contribution in [1.29, 1.82) is 0 Å². The van der Waals surface area contributed by atoms with Crippen LogP contribution >= 0.6 is 11.8 Å². The second-order valence-corrected chi connectivity index (χ2v) is 16.9. The second-order valence-electron chi connectivity index (χ2n) is 15.4. The summed E-state index contributed by atoms with van der Waals surface area (Å²) >= 11 is 1.85. The topological polar surface area (TPSA) is 89.7 Å². The standard InChI is InChI=1S/C45H57NO6S/c1-6-27-49-45-41(53-7-2)30-39(46-52-44(3,4)5)37-28-33(17-11-13-25-47)36(18-12-14-26-48)42(43(37)45)38-29-35(23-24-40(38)51-45)50-34-21-19-32(20-22-34)31-15-9-8-10-16-31/h6,8-10,15-16,19-24,28-29,33,36,41-43,47-48H,1,7,11-14,17-18,25-27,30H2,2-5H3/t33-,36+,41-,42+,43+,45+/m0/s1. The van der Waals surface area contributed by atoms with Crippen LogP contribution in [0.15, 0.2) is 102 Å². The van der Waals surface area contributed by atoms with Gasteiger partial charge in [0.15, 0.2) is 0 Å². The van der Waals surface area contributed by atoms with Crippen LogP contribution in [0.5, 0.6) is 17.2 Å². The van der Waals surface area contributed by atoms with Crippen LogP contribution in [-0.2, 0) is 9.57 Å². The van der Waals surface area contributed by atoms with Gasteiger partial charge >= 0.3 is 0 Å². The summed E-state index contributed by atoms with van der Waals surface area (Å²) in [7, 11) is 0. The highest BCUT2D eigenvalue weighted by Crippen LogP contribution is 2.62. The molecule has 53 heavy (non-hydrogen) atoms. The molecule has 284 valence electrons. The summed E-state index contributed by atoms with van der Waals surface area (Å²) in [5.74, 6) is 2.59. The molecule has 3 aliphatic rings. The maximum atomic E-state index is 9.87. The highest BCUT2D eigenvalue weighted by atomic mass is 32.2. The first-order valence-electron chi connectivity index (χ1n) is 19.4. The van der Waals surface area contributed by atoms with Crippen LogP contribution < -0.4 is 9.47 Å². The van der Waals surface area contributed by atoms with Crippen LogP contribution in [0.4, 0.5) is 0 Å². The van der Waals surface area contributed by atoms with E-state index in [0.29, 0.717) is 13.0 Å². The summed E-state index contributed by atoms with van der Waals surface area (Å²) < 4.78 is 20.8. The van der Waals surface area contributed by atoms with E-state index in [1.54, 1.807) is 0 Å². The van der Waals surface area contributed by atoms with Gasteiger partial charge in [0.1, 0.15) is 22.8 Å². The first kappa shape index (κ1) is 39.1. The molecule has 0 spiro atoms. The molecule has 2 N–H and O–H groups in total. The van der Waals surface area contributed by atoms with Crippen molar-refractivity contribution in [3.8, 4) is 28.4 Å². The molecule has 6 rings (SSSR count). The van der Waals surface area contributed by atoms with Crippen molar-refractivity contribution in [2.75, 3.05) is 25.6 Å². The van der Waals surface area contributed by atoms with E-state index in [9.17, 15) is 10.2 Å². The smallest absolute Gasteiger partial charge is 0.230 e. The number of allylic oxidation sites excluding steroid dienone is 1. The third kappa shape index (κ3) is 8.88. The molecule has 1 saturated carbocycles. The lowest BCUT2D eigenvalue weighted by Crippen LogP contribution is -2.64. The van der Waals surface area contributed by atoms with E-state index in [1.165, 1.54) is 0 Å². The predicted molar refractivity (Wildman–Crippen MR) is 216 cm³/mol. The number of oxime groups is 1. The summed E-state index contributed by atoms with van der Waals surface area (Å²) in [5.41, 5.74) is 5.05. The van der Waals surface area contributed by atoms with E-state index in [2.05, 4.69) is 56.0 Å². The van der Waals surface area contributed by atoms with Crippen LogP contribution in [0.25, 0.3) is 11.1 Å². The van der Waals surface area contributed by atoms with Gasteiger partial charge in [-0.05, 0) is 111 Å². The Morgan fingerprint density at radius 2 is 1.62 bits per heavy atom. The van der Waals surface area contributed by atoms with Gasteiger partial charge in [-0.1, -0.05) is 79.5 Å². The Kier molecular flexibility index (Phi) is 13.1. The minimum absolute atomic E-state index is 0.0190. The largest absolute Gasteiger partial charge is 0.460 e. The third-order valence-electron chi connectivity index (χ3n) is 10.6. The number of benzene rings is 3. The zero-order chi connectivity index (χ0) is 37.4. The van der Waals surface area contributed by atoms with E-state index < -0.39 is 11.4 Å². The van der Waals surface area contributed by atoms with E-state index >= 15 is 0 Å². The number of aliphatic hydroxyl groups is 2. The van der Waals surface area contributed by atoms with Gasteiger partial charge in [0.25, 0.3) is 0 Å². The van der Waals surface area contributed by atoms with Crippen LogP contribution in [-0.4, -0.2) is 58.1 Å². The maximum absolute atomic E-state index is 9.87. The van der Waals surface area contributed by atoms with Crippen LogP contribution in [0.3, 0.4) is 0 Å². The van der Waals surface area contributed by atoms with Crippen molar-refractivity contribution in [2.24, 2.45) is 22.9 Å². The normalized spacial score (nSPS) is 25.5. The summed E-state index contributed by atoms with van der Waals surface area (Å²) in [6.45, 7) is 13.0. The molecule has 0 aromatic heterocycles. The molecule has 3 aromatic carbocycles. The van der Waals surface area contributed by atoms with Crippen molar-refractivity contribution in [2.45, 2.75) is 95.2 Å². The Bertz CT molecular complexity index is 1720. The minimum Gasteiger partial charge on any atom is -0.460 e. The fourth-order valence-electron chi connectivity index (χ4n) is 8.41. The van der Waals surface area contributed by atoms with Crippen LogP contribution in [0.1, 0.15) is 84.1 Å². The highest BCUT2D eigenvalue weighted by Gasteiger charge is 2.63. The van der Waals surface area contributed by atoms with Crippen molar-refractivity contribution in [3.63, 3.8) is 0 Å². The van der Waals surface area contributed by atoms with Gasteiger partial charge in [-0.15, -0.1) is 6.58 Å². The molecule has 0 unspecified atom stereocenters. The van der Waals surface area contributed by atoms with Gasteiger partial charge in [-0.2, -0.15) is 11.8 Å². The quantitative estimate of drug-likeness (QED) is 0.0809. The molecule has 1 heterocycles. The van der Waals surface area contributed by atoms with Gasteiger partial charge in [-0.3, -0.25) is 0 Å². The van der Waals surface area contributed by atoms with E-state index in [0.717, 1.165) is 89.5 Å². The first-order valence-corrected chi connectivity index (χ1v) is 20.5. The number of thioether (sulfide) groups is 1. The van der Waals surface area contributed by atoms with Crippen molar-refractivity contribution < 1.29 is 29.3 Å². The monoisotopic (exact) mass is 739 g/mol. The van der Waals surface area contributed by atoms with E-state index in [1.807, 2.05) is 75.0 Å². The molecule has 0 saturated heterocycles. The van der Waals surface area contributed by atoms with Gasteiger partial charge in [0.2, 0.25) is 5.79 Å². The first-order chi connectivity index (χ1) is 25.7. The number of ether oxygens (including phenoxy) is 3. The summed E-state index contributed by atoms with van der Waals surface area (Å²) in [6, 6.07) is 24.8.